The predicted octanol–water partition coefficient (Wildman–Crippen LogP) is 6.47. The fraction of sp³-hybridized carbons (Fsp3) is 0.379. The van der Waals surface area contributed by atoms with E-state index in [9.17, 15) is 19.2 Å². The average molecular weight is 691 g/mol. The molecule has 2 bridgehead atoms. The van der Waals surface area contributed by atoms with Crippen molar-refractivity contribution in [1.82, 2.24) is 0 Å². The number of hydrogen-bond donors (Lipinski definition) is 0. The molecule has 5 atom stereocenters. The second-order valence-electron chi connectivity index (χ2n) is 10.9. The van der Waals surface area contributed by atoms with Crippen LogP contribution >= 0.6 is 69.6 Å². The van der Waals surface area contributed by atoms with Crippen LogP contribution in [0, 0.1) is 24.7 Å². The van der Waals surface area contributed by atoms with E-state index in [1.807, 2.05) is 31.2 Å². The second-order valence-corrected chi connectivity index (χ2v) is 14.2. The molecule has 13 heteroatoms. The van der Waals surface area contributed by atoms with Crippen molar-refractivity contribution in [2.45, 2.75) is 40.8 Å². The number of esters is 1. The van der Waals surface area contributed by atoms with Gasteiger partial charge in [-0.15, -0.1) is 23.2 Å². The van der Waals surface area contributed by atoms with Gasteiger partial charge in [0, 0.05) is 18.7 Å². The highest BCUT2D eigenvalue weighted by molar-refractivity contribution is 6.67. The summed E-state index contributed by atoms with van der Waals surface area (Å²) in [6, 6.07) is 12.1. The van der Waals surface area contributed by atoms with E-state index in [-0.39, 0.29) is 40.4 Å². The third-order valence-corrected chi connectivity index (χ3v) is 12.9. The minimum absolute atomic E-state index is 0.0210. The van der Waals surface area contributed by atoms with Gasteiger partial charge < -0.3 is 9.64 Å². The molecule has 3 amide bonds. The Morgan fingerprint density at radius 1 is 0.929 bits per heavy atom. The highest BCUT2D eigenvalue weighted by Gasteiger charge is 2.87. The Labute approximate surface area is 271 Å². The number of benzene rings is 2. The Morgan fingerprint density at radius 3 is 2.02 bits per heavy atom. The van der Waals surface area contributed by atoms with Crippen molar-refractivity contribution >= 4 is 105 Å². The number of fused-ring (bicyclic) bond motifs is 5. The lowest BCUT2D eigenvalue weighted by Gasteiger charge is -2.34. The Balaban J connectivity index is 1.20. The molecule has 4 aliphatic rings. The first-order valence-corrected chi connectivity index (χ1v) is 15.4. The van der Waals surface area contributed by atoms with Gasteiger partial charge in [-0.3, -0.25) is 19.2 Å². The van der Waals surface area contributed by atoms with E-state index < -0.39 is 49.6 Å². The van der Waals surface area contributed by atoms with E-state index in [4.69, 9.17) is 74.3 Å². The van der Waals surface area contributed by atoms with E-state index in [0.717, 1.165) is 22.6 Å². The standard InChI is InChI=1S/C29H22Cl6N2O5/c1-3-14-4-6-16(7-5-14)36-12-15(11-19(36)38)26(41)42-17-8-9-18(13(2)10-17)37-24(39)20-21(25(37)40)28(33)23(31)22(30)27(20,32)29(28,34)35/h4-10,15,20-21H,3,11-12H2,1-2H3/t15-,20-,21+,27-,28-/m1/s1. The summed E-state index contributed by atoms with van der Waals surface area (Å²) in [5.41, 5.74) is 2.56. The number of rotatable bonds is 5. The fourth-order valence-electron chi connectivity index (χ4n) is 6.40. The van der Waals surface area contributed by atoms with Crippen LogP contribution in [0.2, 0.25) is 0 Å². The van der Waals surface area contributed by atoms with Gasteiger partial charge in [-0.2, -0.15) is 0 Å². The number of halogens is 6. The first-order valence-electron chi connectivity index (χ1n) is 13.1. The molecule has 3 fully saturated rings. The maximum atomic E-state index is 13.7. The van der Waals surface area contributed by atoms with E-state index >= 15 is 0 Å². The van der Waals surface area contributed by atoms with Crippen LogP contribution < -0.4 is 14.5 Å². The van der Waals surface area contributed by atoms with Crippen molar-refractivity contribution in [3.8, 4) is 5.75 Å². The molecule has 0 N–H and O–H groups in total. The first kappa shape index (κ1) is 30.0. The number of carbonyl (C=O) groups excluding carboxylic acids is 4. The van der Waals surface area contributed by atoms with Crippen LogP contribution in [0.3, 0.4) is 0 Å². The number of aryl methyl sites for hydroxylation is 2. The number of amides is 3. The molecule has 2 aliphatic carbocycles. The molecule has 220 valence electrons. The smallest absolute Gasteiger partial charge is 0.316 e. The lowest BCUT2D eigenvalue weighted by Crippen LogP contribution is -2.50. The minimum Gasteiger partial charge on any atom is -0.426 e. The minimum atomic E-state index is -2.02. The zero-order valence-electron chi connectivity index (χ0n) is 22.1. The number of hydrogen-bond acceptors (Lipinski definition) is 5. The Bertz CT molecular complexity index is 1560. The monoisotopic (exact) mass is 688 g/mol. The number of anilines is 2. The van der Waals surface area contributed by atoms with Crippen LogP contribution in [-0.2, 0) is 25.6 Å². The molecule has 2 saturated heterocycles. The molecular formula is C29H22Cl6N2O5. The van der Waals surface area contributed by atoms with Gasteiger partial charge in [0.05, 0.1) is 33.5 Å². The van der Waals surface area contributed by atoms with Crippen LogP contribution in [0.5, 0.6) is 5.75 Å². The summed E-state index contributed by atoms with van der Waals surface area (Å²) in [6.07, 6.45) is 0.901. The van der Waals surface area contributed by atoms with Gasteiger partial charge >= 0.3 is 5.97 Å². The normalized spacial score (nSPS) is 31.4. The molecule has 0 spiro atoms. The highest BCUT2D eigenvalue weighted by atomic mass is 35.5. The Hall–Kier alpha value is -2.00. The maximum absolute atomic E-state index is 13.7. The molecule has 1 saturated carbocycles. The van der Waals surface area contributed by atoms with Gasteiger partial charge in [-0.25, -0.2) is 4.90 Å². The molecule has 7 nitrogen and oxygen atoms in total. The molecule has 0 unspecified atom stereocenters. The quantitative estimate of drug-likeness (QED) is 0.156. The van der Waals surface area contributed by atoms with E-state index in [1.165, 1.54) is 18.2 Å². The molecule has 0 radical (unpaired) electrons. The van der Waals surface area contributed by atoms with Crippen molar-refractivity contribution in [2.75, 3.05) is 16.3 Å². The van der Waals surface area contributed by atoms with Crippen LogP contribution in [0.1, 0.15) is 24.5 Å². The van der Waals surface area contributed by atoms with E-state index in [0.29, 0.717) is 5.56 Å². The number of imide groups is 1. The zero-order chi connectivity index (χ0) is 30.5. The lowest BCUT2D eigenvalue weighted by molar-refractivity contribution is -0.139. The van der Waals surface area contributed by atoms with Gasteiger partial charge in [-0.1, -0.05) is 65.5 Å². The van der Waals surface area contributed by atoms with Crippen molar-refractivity contribution in [3.63, 3.8) is 0 Å². The predicted molar refractivity (Wildman–Crippen MR) is 163 cm³/mol. The molecular weight excluding hydrogens is 669 g/mol. The molecule has 0 aromatic heterocycles. The number of nitrogens with zero attached hydrogens (tertiary/aromatic N) is 2. The summed E-state index contributed by atoms with van der Waals surface area (Å²) in [5.74, 6) is -5.08. The number of alkyl halides is 4. The Kier molecular flexibility index (Phi) is 7.16. The van der Waals surface area contributed by atoms with E-state index in [2.05, 4.69) is 0 Å². The van der Waals surface area contributed by atoms with Crippen molar-refractivity contribution < 1.29 is 23.9 Å². The van der Waals surface area contributed by atoms with Crippen LogP contribution in [0.4, 0.5) is 11.4 Å². The van der Waals surface area contributed by atoms with Gasteiger partial charge in [0.1, 0.15) is 15.5 Å². The van der Waals surface area contributed by atoms with Crippen molar-refractivity contribution in [2.24, 2.45) is 17.8 Å². The molecule has 2 aliphatic heterocycles. The van der Waals surface area contributed by atoms with Crippen LogP contribution in [0.25, 0.3) is 0 Å². The molecule has 2 heterocycles. The number of allylic oxidation sites excluding steroid dienone is 2. The van der Waals surface area contributed by atoms with Gasteiger partial charge in [0.15, 0.2) is 4.33 Å². The SMILES string of the molecule is CCc1ccc(N2C[C@H](C(=O)Oc3ccc(N4C(=O)[C@@H]5[C@H](C4=O)[C@@]4(Cl)C(Cl)=C(Cl)[C@@]5(Cl)C4(Cl)Cl)c(C)c3)CC2=O)cc1. The first-order chi connectivity index (χ1) is 19.7. The molecule has 2 aromatic rings. The molecule has 6 rings (SSSR count). The second kappa shape index (κ2) is 10.0. The summed E-state index contributed by atoms with van der Waals surface area (Å²) in [4.78, 5) is 51.7. The van der Waals surface area contributed by atoms with Gasteiger partial charge in [0.25, 0.3) is 0 Å². The summed E-state index contributed by atoms with van der Waals surface area (Å²) < 4.78 is 3.58. The van der Waals surface area contributed by atoms with Gasteiger partial charge in [-0.05, 0) is 54.8 Å². The van der Waals surface area contributed by atoms with Crippen LogP contribution in [0.15, 0.2) is 52.5 Å². The zero-order valence-corrected chi connectivity index (χ0v) is 26.6. The third-order valence-electron chi connectivity index (χ3n) is 8.65. The summed E-state index contributed by atoms with van der Waals surface area (Å²) in [6.45, 7) is 3.89. The third kappa shape index (κ3) is 3.80. The number of carbonyl (C=O) groups is 4. The van der Waals surface area contributed by atoms with Crippen molar-refractivity contribution in [3.05, 3.63) is 63.7 Å². The topological polar surface area (TPSA) is 84.0 Å². The lowest BCUT2D eigenvalue weighted by atomic mass is 9.84. The van der Waals surface area contributed by atoms with E-state index in [1.54, 1.807) is 11.8 Å². The largest absolute Gasteiger partial charge is 0.426 e. The highest BCUT2D eigenvalue weighted by Crippen LogP contribution is 2.77. The van der Waals surface area contributed by atoms with Crippen molar-refractivity contribution in [1.29, 1.82) is 0 Å². The summed E-state index contributed by atoms with van der Waals surface area (Å²) in [7, 11) is 0. The molecule has 2 aromatic carbocycles. The fourth-order valence-corrected chi connectivity index (χ4v) is 9.33. The van der Waals surface area contributed by atoms with Gasteiger partial charge in [0.2, 0.25) is 17.7 Å². The summed E-state index contributed by atoms with van der Waals surface area (Å²) >= 11 is 39.4. The van der Waals surface area contributed by atoms with Crippen LogP contribution in [-0.4, -0.2) is 44.3 Å². The molecule has 42 heavy (non-hydrogen) atoms. The Morgan fingerprint density at radius 2 is 1.50 bits per heavy atom. The number of ether oxygens (including phenoxy) is 1. The average Bonchev–Trinajstić information content (AvgIpc) is 3.54. The summed E-state index contributed by atoms with van der Waals surface area (Å²) in [5, 5.41) is -0.341. The maximum Gasteiger partial charge on any atom is 0.316 e.